The summed E-state index contributed by atoms with van der Waals surface area (Å²) in [6, 6.07) is 93.7. The van der Waals surface area contributed by atoms with Gasteiger partial charge < -0.3 is 32.1 Å². The molecule has 0 radical (unpaired) electrons. The zero-order valence-electron chi connectivity index (χ0n) is 81.6. The van der Waals surface area contributed by atoms with Crippen LogP contribution in [0, 0.1) is 11.8 Å². The normalized spacial score (nSPS) is 15.9. The summed E-state index contributed by atoms with van der Waals surface area (Å²) in [7, 11) is -30.2. The second-order valence-corrected chi connectivity index (χ2v) is 49.8. The van der Waals surface area contributed by atoms with Gasteiger partial charge in [0, 0.05) is 11.1 Å². The Morgan fingerprint density at radius 1 is 0.392 bits per heavy atom. The van der Waals surface area contributed by atoms with E-state index in [9.17, 15) is 128 Å². The molecule has 2 aliphatic carbocycles. The Morgan fingerprint density at radius 2 is 0.655 bits per heavy atom. The molecule has 22 nitrogen and oxygen atoms in total. The molecule has 148 heavy (non-hydrogen) atoms. The van der Waals surface area contributed by atoms with Crippen LogP contribution in [-0.2, 0) is 127 Å². The third-order valence-corrected chi connectivity index (χ3v) is 34.3. The lowest BCUT2D eigenvalue weighted by Gasteiger charge is -2.36. The molecule has 0 unspecified atom stereocenters. The Balaban J connectivity index is 0.000000243. The van der Waals surface area contributed by atoms with Gasteiger partial charge in [0.25, 0.3) is 0 Å². The number of hydrogen-bond acceptors (Lipinski definition) is 19. The van der Waals surface area contributed by atoms with E-state index in [1.165, 1.54) is 109 Å². The highest BCUT2D eigenvalue weighted by atomic mass is 32.3. The number of esters is 2. The van der Waals surface area contributed by atoms with Crippen molar-refractivity contribution in [3.63, 3.8) is 0 Å². The number of carbonyl (C=O) groups is 2. The number of hydrogen-bond donors (Lipinski definition) is 1. The summed E-state index contributed by atoms with van der Waals surface area (Å²) in [6.07, 6.45) is -10.1. The minimum absolute atomic E-state index is 0.0497. The SMILES string of the molecule is C=C(C)C(=O)OC1CCC(COS(=O)(=O)[N-]S(=O)(=O)C(F)(F)C(F)(F)C(F)(F)C(F)(F)F)CC1.C=C(C)C(=O)OC1CCC(COS(=O)(=O)[N-]S(=O)(=O)C(F)(F)F)CC1.C=Cc1ccc(OS(=O)(=O)N=C([O-])C(F)(F)F)cc1.CC(C)(C)c1ccc([S+](c2ccccc2)c2ccc(C(C)(C)C)cc2)cc1.CC(C)(C)c1ccc([S+](c2ccccc2)c2ccccc2)cc1.Oc1ccc([S+](c2ccccc2)c2ccccc2)cc1. The van der Waals surface area contributed by atoms with Gasteiger partial charge >= 0.3 is 57.2 Å². The van der Waals surface area contributed by atoms with Crippen molar-refractivity contribution in [1.29, 1.82) is 0 Å². The van der Waals surface area contributed by atoms with E-state index in [1.54, 1.807) is 16.3 Å². The van der Waals surface area contributed by atoms with Gasteiger partial charge in [-0.1, -0.05) is 228 Å². The molecule has 2 saturated carbocycles. The quantitative estimate of drug-likeness (QED) is 0.0109. The van der Waals surface area contributed by atoms with Crippen molar-refractivity contribution in [2.45, 2.75) is 235 Å². The van der Waals surface area contributed by atoms with Crippen LogP contribution in [0.5, 0.6) is 11.5 Å². The fourth-order valence-corrected chi connectivity index (χ4v) is 24.5. The topological polar surface area (TPSA) is 335 Å². The van der Waals surface area contributed by atoms with Gasteiger partial charge in [-0.2, -0.15) is 74.3 Å². The summed E-state index contributed by atoms with van der Waals surface area (Å²) in [5, 5.41) is 12.6. The number of phenols is 1. The van der Waals surface area contributed by atoms with Crippen LogP contribution in [0.3, 0.4) is 0 Å². The van der Waals surface area contributed by atoms with E-state index in [4.69, 9.17) is 9.47 Å². The lowest BCUT2D eigenvalue weighted by atomic mass is 9.87. The first kappa shape index (κ1) is 124. The molecule has 2 aliphatic rings. The standard InChI is InChI=1S/C26H31S.C22H23S.C18H14OS.C15H17F9NO7S2.C12H17F3NO7S2.C10H8F3NO4S/c1-25(2,3)20-12-16-23(17-13-20)27(22-10-8-7-9-11-22)24-18-14-21(15-19-24)26(4,5)6;1-22(2,3)18-14-16-21(17-15-18)23(19-10-6-4-7-11-19)20-12-8-5-9-13-20;19-15-11-13-18(14-12-15)20(16-7-3-1-4-8-16)17-9-5-2-6-10-17;1-8(2)11(26)32-10-5-3-9(4-6-10)7-31-34(29,30)25-33(27,28)15(23,24)13(18,19)12(16,17)14(20,21)22;1-8(2)11(17)23-10-5-3-9(4-6-10)7-22-25(20,21)16-24(18,19)12(13,14)15;1-2-7-3-5-8(6-4-7)18-19(16,17)14-9(15)10(11,12)13/h7-19H,1-6H3;4-17H,1-3H3;1-14H;9-10H,1,3-7H2,2H3;9-10H,1,3-7H2,2H3;2-6H,1H2,(H,14,15)/q2*+1;;2*-1;. The number of ether oxygens (including phenoxy) is 2. The molecule has 0 spiro atoms. The molecular weight excluding hydrogens is 2120 g/mol. The van der Waals surface area contributed by atoms with Crippen molar-refractivity contribution >= 4 is 108 Å². The molecule has 0 atom stereocenters. The van der Waals surface area contributed by atoms with Gasteiger partial charge in [0.2, 0.25) is 20.6 Å². The van der Waals surface area contributed by atoms with Crippen LogP contribution in [0.25, 0.3) is 14.3 Å². The second kappa shape index (κ2) is 52.2. The minimum atomic E-state index is -7.63. The number of alkyl halides is 15. The predicted molar refractivity (Wildman–Crippen MR) is 536 cm³/mol. The smallest absolute Gasteiger partial charge is 0.480 e. The molecule has 0 amide bonds. The molecule has 0 aromatic heterocycles. The summed E-state index contributed by atoms with van der Waals surface area (Å²) < 4.78 is 327. The maximum atomic E-state index is 13.6. The third-order valence-electron chi connectivity index (χ3n) is 21.4. The van der Waals surface area contributed by atoms with Gasteiger partial charge in [0.15, 0.2) is 64.1 Å². The van der Waals surface area contributed by atoms with Crippen molar-refractivity contribution in [3.05, 3.63) is 334 Å². The van der Waals surface area contributed by atoms with Gasteiger partial charge in [-0.25, -0.2) is 43.3 Å². The Bertz CT molecular complexity index is 6530. The van der Waals surface area contributed by atoms with E-state index < -0.39 is 129 Å². The number of sulfonamides is 2. The van der Waals surface area contributed by atoms with E-state index in [0.29, 0.717) is 37.0 Å². The Kier molecular flexibility index (Phi) is 43.7. The first-order valence-corrected chi connectivity index (χ1v) is 55.4. The van der Waals surface area contributed by atoms with E-state index in [2.05, 4.69) is 307 Å². The molecule has 45 heteroatoms. The van der Waals surface area contributed by atoms with Crippen molar-refractivity contribution in [2.24, 2.45) is 16.2 Å². The number of nitrogens with zero attached hydrogens (tertiary/aromatic N) is 3. The first-order valence-electron chi connectivity index (χ1n) is 44.8. The van der Waals surface area contributed by atoms with Crippen LogP contribution >= 0.6 is 0 Å². The van der Waals surface area contributed by atoms with E-state index in [-0.39, 0.29) is 104 Å². The lowest BCUT2D eigenvalue weighted by Crippen LogP contribution is -2.63. The summed E-state index contributed by atoms with van der Waals surface area (Å²) in [4.78, 5) is 34.8. The maximum absolute atomic E-state index is 13.6. The average Bonchev–Trinajstić information content (AvgIpc) is 0.718. The largest absolute Gasteiger partial charge is 0.855 e. The Labute approximate surface area is 861 Å². The van der Waals surface area contributed by atoms with Gasteiger partial charge in [-0.3, -0.25) is 8.37 Å². The van der Waals surface area contributed by atoms with Gasteiger partial charge in [0.05, 0.1) is 51.8 Å². The Morgan fingerprint density at radius 3 is 0.899 bits per heavy atom. The average molecular weight is 2240 g/mol. The van der Waals surface area contributed by atoms with Crippen LogP contribution in [0.15, 0.2) is 352 Å². The van der Waals surface area contributed by atoms with Gasteiger partial charge in [-0.15, -0.1) is 4.40 Å². The molecule has 804 valence electrons. The molecule has 12 rings (SSSR count). The van der Waals surface area contributed by atoms with E-state index in [1.807, 2.05) is 28.7 Å². The van der Waals surface area contributed by atoms with Crippen molar-refractivity contribution < 1.29 is 150 Å². The van der Waals surface area contributed by atoms with Crippen LogP contribution in [0.1, 0.15) is 150 Å². The summed E-state index contributed by atoms with van der Waals surface area (Å²) in [5.74, 6) is -20.2. The lowest BCUT2D eigenvalue weighted by molar-refractivity contribution is -0.382. The number of rotatable bonds is 30. The van der Waals surface area contributed by atoms with Crippen molar-refractivity contribution in [1.82, 2.24) is 0 Å². The zero-order valence-corrected chi connectivity index (χ0v) is 88.2. The number of halogens is 15. The Hall–Kier alpha value is -11.0. The second-order valence-electron chi connectivity index (χ2n) is 36.3. The molecule has 0 heterocycles. The maximum Gasteiger partial charge on any atom is 0.480 e. The van der Waals surface area contributed by atoms with E-state index in [0.717, 1.165) is 0 Å². The molecule has 10 aromatic rings. The minimum Gasteiger partial charge on any atom is -0.855 e. The number of aromatic hydroxyl groups is 1. The predicted octanol–water partition coefficient (Wildman–Crippen LogP) is 25.4. The third kappa shape index (κ3) is 37.0. The molecular formula is C103H110F15N3O19S8. The van der Waals surface area contributed by atoms with E-state index >= 15 is 0 Å². The van der Waals surface area contributed by atoms with Crippen LogP contribution in [-0.4, -0.2) is 125 Å². The van der Waals surface area contributed by atoms with Crippen LogP contribution in [0.4, 0.5) is 65.9 Å². The fourth-order valence-electron chi connectivity index (χ4n) is 13.4. The van der Waals surface area contributed by atoms with Gasteiger partial charge in [-0.05, 0) is 249 Å². The number of carbonyl (C=O) groups excluding carboxylic acids is 2. The highest BCUT2D eigenvalue weighted by Gasteiger charge is 2.84. The van der Waals surface area contributed by atoms with Gasteiger partial charge in [0.1, 0.15) is 23.7 Å². The molecule has 10 aromatic carbocycles. The highest BCUT2D eigenvalue weighted by molar-refractivity contribution is 8.11. The first-order chi connectivity index (χ1) is 68.4. The molecule has 2 fully saturated rings. The van der Waals surface area contributed by atoms with Crippen molar-refractivity contribution in [2.75, 3.05) is 13.2 Å². The fraction of sp³-hybridized carbons (Fsp3) is 0.330. The zero-order chi connectivity index (χ0) is 111. The summed E-state index contributed by atoms with van der Waals surface area (Å²) in [6.45, 7) is 32.1. The van der Waals surface area contributed by atoms with Crippen LogP contribution < -0.4 is 9.29 Å². The highest BCUT2D eigenvalue weighted by Crippen LogP contribution is 2.56. The van der Waals surface area contributed by atoms with Crippen molar-refractivity contribution in [3.8, 4) is 11.5 Å². The molecule has 1 N–H and O–H groups in total. The summed E-state index contributed by atoms with van der Waals surface area (Å²) >= 11 is 0. The molecule has 0 aliphatic heterocycles. The summed E-state index contributed by atoms with van der Waals surface area (Å²) in [5.41, 5.74) is -0.142. The molecule has 0 saturated heterocycles. The number of phenolic OH excluding ortho intramolecular Hbond substituents is 1. The molecule has 0 bridgehead atoms. The number of benzene rings is 10. The monoisotopic (exact) mass is 2230 g/mol. The van der Waals surface area contributed by atoms with Crippen LogP contribution in [0.2, 0.25) is 0 Å².